The van der Waals surface area contributed by atoms with Gasteiger partial charge in [-0.2, -0.15) is 0 Å². The topological polar surface area (TPSA) is 39.7 Å². The third-order valence-corrected chi connectivity index (χ3v) is 3.96. The number of nitrogens with zero attached hydrogens (tertiary/aromatic N) is 2. The molecule has 0 aromatic rings. The molecule has 2 N–H and O–H groups in total. The molecule has 4 heteroatoms. The molecule has 0 aromatic heterocycles. The maximum atomic E-state index is 4.32. The zero-order valence-electron chi connectivity index (χ0n) is 13.4. The quantitative estimate of drug-likeness (QED) is 0.572. The van der Waals surface area contributed by atoms with Crippen LogP contribution < -0.4 is 10.6 Å². The highest BCUT2D eigenvalue weighted by Gasteiger charge is 2.20. The van der Waals surface area contributed by atoms with Gasteiger partial charge in [-0.25, -0.2) is 0 Å². The Morgan fingerprint density at radius 2 is 2.05 bits per heavy atom. The average molecular weight is 268 g/mol. The molecule has 4 nitrogen and oxygen atoms in total. The third kappa shape index (κ3) is 6.28. The van der Waals surface area contributed by atoms with Crippen LogP contribution in [0.2, 0.25) is 0 Å². The zero-order valence-corrected chi connectivity index (χ0v) is 13.4. The van der Waals surface area contributed by atoms with Crippen LogP contribution in [-0.2, 0) is 0 Å². The van der Waals surface area contributed by atoms with Crippen LogP contribution >= 0.6 is 0 Å². The van der Waals surface area contributed by atoms with E-state index in [2.05, 4.69) is 48.3 Å². The van der Waals surface area contributed by atoms with E-state index < -0.39 is 0 Å². The average Bonchev–Trinajstić information content (AvgIpc) is 2.77. The third-order valence-electron chi connectivity index (χ3n) is 3.96. The summed E-state index contributed by atoms with van der Waals surface area (Å²) < 4.78 is 0. The normalized spacial score (nSPS) is 22.8. The van der Waals surface area contributed by atoms with Crippen molar-refractivity contribution in [2.24, 2.45) is 10.9 Å². The molecule has 1 rings (SSSR count). The van der Waals surface area contributed by atoms with E-state index in [0.29, 0.717) is 12.1 Å². The van der Waals surface area contributed by atoms with Gasteiger partial charge in [-0.15, -0.1) is 0 Å². The number of hydrogen-bond donors (Lipinski definition) is 2. The Kier molecular flexibility index (Phi) is 7.21. The van der Waals surface area contributed by atoms with Crippen molar-refractivity contribution in [1.29, 1.82) is 0 Å². The lowest BCUT2D eigenvalue weighted by Gasteiger charge is -2.23. The molecule has 0 aromatic carbocycles. The maximum absolute atomic E-state index is 4.32. The van der Waals surface area contributed by atoms with Gasteiger partial charge in [0.2, 0.25) is 0 Å². The van der Waals surface area contributed by atoms with Gasteiger partial charge < -0.3 is 15.5 Å². The van der Waals surface area contributed by atoms with Crippen molar-refractivity contribution in [3.8, 4) is 0 Å². The molecule has 1 aliphatic heterocycles. The van der Waals surface area contributed by atoms with Crippen molar-refractivity contribution in [1.82, 2.24) is 15.5 Å². The van der Waals surface area contributed by atoms with Gasteiger partial charge in [0, 0.05) is 25.7 Å². The first kappa shape index (κ1) is 16.3. The van der Waals surface area contributed by atoms with Crippen molar-refractivity contribution >= 4 is 5.96 Å². The summed E-state index contributed by atoms with van der Waals surface area (Å²) in [6, 6.07) is 1.14. The standard InChI is InChI=1S/C15H32N4/c1-12(2)8-9-13(3)18-15(16-4)17-11-14-7-6-10-19(14)5/h12-14H,6-11H2,1-5H3,(H2,16,17,18). The predicted octanol–water partition coefficient (Wildman–Crippen LogP) is 2.07. The van der Waals surface area contributed by atoms with E-state index in [4.69, 9.17) is 0 Å². The highest BCUT2D eigenvalue weighted by molar-refractivity contribution is 5.79. The van der Waals surface area contributed by atoms with Crippen molar-refractivity contribution in [2.45, 2.75) is 58.5 Å². The molecule has 0 radical (unpaired) electrons. The second-order valence-electron chi connectivity index (χ2n) is 6.25. The van der Waals surface area contributed by atoms with Gasteiger partial charge >= 0.3 is 0 Å². The molecule has 0 aliphatic carbocycles. The summed E-state index contributed by atoms with van der Waals surface area (Å²) in [5, 5.41) is 6.94. The number of likely N-dealkylation sites (N-methyl/N-ethyl adjacent to an activating group) is 1. The van der Waals surface area contributed by atoms with Crippen molar-refractivity contribution in [3.63, 3.8) is 0 Å². The second kappa shape index (κ2) is 8.41. The van der Waals surface area contributed by atoms with Crippen LogP contribution in [0.3, 0.4) is 0 Å². The Morgan fingerprint density at radius 1 is 1.32 bits per heavy atom. The molecule has 0 bridgehead atoms. The monoisotopic (exact) mass is 268 g/mol. The molecule has 0 spiro atoms. The zero-order chi connectivity index (χ0) is 14.3. The molecule has 19 heavy (non-hydrogen) atoms. The van der Waals surface area contributed by atoms with Gasteiger partial charge in [0.05, 0.1) is 0 Å². The summed E-state index contributed by atoms with van der Waals surface area (Å²) in [7, 11) is 4.06. The van der Waals surface area contributed by atoms with E-state index in [-0.39, 0.29) is 0 Å². The SMILES string of the molecule is CN=C(NCC1CCCN1C)NC(C)CCC(C)C. The largest absolute Gasteiger partial charge is 0.355 e. The first-order valence-corrected chi connectivity index (χ1v) is 7.70. The molecule has 2 atom stereocenters. The lowest BCUT2D eigenvalue weighted by Crippen LogP contribution is -2.46. The van der Waals surface area contributed by atoms with Gasteiger partial charge in [-0.1, -0.05) is 13.8 Å². The Morgan fingerprint density at radius 3 is 2.58 bits per heavy atom. The minimum Gasteiger partial charge on any atom is -0.355 e. The van der Waals surface area contributed by atoms with Gasteiger partial charge in [0.15, 0.2) is 5.96 Å². The van der Waals surface area contributed by atoms with Gasteiger partial charge in [-0.05, 0) is 52.1 Å². The molecule has 1 heterocycles. The number of nitrogens with one attached hydrogen (secondary N) is 2. The van der Waals surface area contributed by atoms with Crippen LogP contribution in [0, 0.1) is 5.92 Å². The van der Waals surface area contributed by atoms with Crippen LogP contribution in [-0.4, -0.2) is 50.1 Å². The summed E-state index contributed by atoms with van der Waals surface area (Å²) in [5.41, 5.74) is 0. The van der Waals surface area contributed by atoms with E-state index in [9.17, 15) is 0 Å². The maximum Gasteiger partial charge on any atom is 0.191 e. The molecule has 2 unspecified atom stereocenters. The van der Waals surface area contributed by atoms with E-state index >= 15 is 0 Å². The highest BCUT2D eigenvalue weighted by atomic mass is 15.2. The van der Waals surface area contributed by atoms with Crippen LogP contribution in [0.4, 0.5) is 0 Å². The second-order valence-corrected chi connectivity index (χ2v) is 6.25. The number of guanidine groups is 1. The van der Waals surface area contributed by atoms with Gasteiger partial charge in [-0.3, -0.25) is 4.99 Å². The Hall–Kier alpha value is -0.770. The fraction of sp³-hybridized carbons (Fsp3) is 0.933. The minimum absolute atomic E-state index is 0.481. The smallest absolute Gasteiger partial charge is 0.191 e. The fourth-order valence-electron chi connectivity index (χ4n) is 2.54. The fourth-order valence-corrected chi connectivity index (χ4v) is 2.54. The van der Waals surface area contributed by atoms with Crippen LogP contribution in [0.25, 0.3) is 0 Å². The van der Waals surface area contributed by atoms with Crippen LogP contribution in [0.5, 0.6) is 0 Å². The van der Waals surface area contributed by atoms with Crippen molar-refractivity contribution < 1.29 is 0 Å². The molecule has 0 amide bonds. The van der Waals surface area contributed by atoms with Gasteiger partial charge in [0.25, 0.3) is 0 Å². The summed E-state index contributed by atoms with van der Waals surface area (Å²) in [4.78, 5) is 6.75. The predicted molar refractivity (Wildman–Crippen MR) is 83.7 cm³/mol. The molecule has 1 saturated heterocycles. The summed E-state index contributed by atoms with van der Waals surface area (Å²) in [6.45, 7) is 9.00. The molecule has 1 aliphatic rings. The summed E-state index contributed by atoms with van der Waals surface area (Å²) >= 11 is 0. The van der Waals surface area contributed by atoms with Crippen LogP contribution in [0.15, 0.2) is 4.99 Å². The van der Waals surface area contributed by atoms with Crippen molar-refractivity contribution in [2.75, 3.05) is 27.2 Å². The lowest BCUT2D eigenvalue weighted by molar-refractivity contribution is 0.309. The first-order valence-electron chi connectivity index (χ1n) is 7.70. The summed E-state index contributed by atoms with van der Waals surface area (Å²) in [6.07, 6.45) is 5.07. The lowest BCUT2D eigenvalue weighted by atomic mass is 10.0. The molecular formula is C15H32N4. The number of likely N-dealkylation sites (tertiary alicyclic amines) is 1. The first-order chi connectivity index (χ1) is 9.02. The summed E-state index contributed by atoms with van der Waals surface area (Å²) in [5.74, 6) is 1.71. The van der Waals surface area contributed by atoms with Crippen LogP contribution in [0.1, 0.15) is 46.5 Å². The van der Waals surface area contributed by atoms with E-state index in [1.54, 1.807) is 0 Å². The van der Waals surface area contributed by atoms with E-state index in [0.717, 1.165) is 18.4 Å². The Labute approximate surface area is 119 Å². The minimum atomic E-state index is 0.481. The Bertz CT molecular complexity index is 275. The Balaban J connectivity index is 2.25. The van der Waals surface area contributed by atoms with Crippen molar-refractivity contribution in [3.05, 3.63) is 0 Å². The molecule has 112 valence electrons. The molecule has 0 saturated carbocycles. The van der Waals surface area contributed by atoms with Gasteiger partial charge in [0.1, 0.15) is 0 Å². The number of aliphatic imine (C=N–C) groups is 1. The highest BCUT2D eigenvalue weighted by Crippen LogP contribution is 2.13. The van der Waals surface area contributed by atoms with E-state index in [1.165, 1.54) is 32.2 Å². The number of hydrogen-bond acceptors (Lipinski definition) is 2. The number of rotatable bonds is 6. The van der Waals surface area contributed by atoms with E-state index in [1.807, 2.05) is 7.05 Å². The molecule has 1 fully saturated rings. The molecular weight excluding hydrogens is 236 g/mol.